The fraction of sp³-hybridized carbons (Fsp3) is 0.400. The molecule has 2 N–H and O–H groups in total. The maximum absolute atomic E-state index is 12.7. The number of pyridine rings is 1. The first-order valence-corrected chi connectivity index (χ1v) is 5.74. The number of nitrogens with zero attached hydrogens (tertiary/aromatic N) is 1. The van der Waals surface area contributed by atoms with Gasteiger partial charge in [-0.25, -0.2) is 4.98 Å². The van der Waals surface area contributed by atoms with Crippen LogP contribution in [-0.2, 0) is 15.7 Å². The maximum atomic E-state index is 12.7. The molecule has 1 heterocycles. The van der Waals surface area contributed by atoms with Crippen LogP contribution in [0, 0.1) is 0 Å². The zero-order valence-electron chi connectivity index (χ0n) is 9.70. The van der Waals surface area contributed by atoms with Crippen molar-refractivity contribution in [3.05, 3.63) is 22.3 Å². The summed E-state index contributed by atoms with van der Waals surface area (Å²) >= 11 is 2.89. The van der Waals surface area contributed by atoms with E-state index in [2.05, 4.69) is 25.7 Å². The van der Waals surface area contributed by atoms with E-state index in [1.807, 2.05) is 0 Å². The van der Waals surface area contributed by atoms with Gasteiger partial charge in [0.25, 0.3) is 0 Å². The Morgan fingerprint density at radius 2 is 2.21 bits per heavy atom. The molecule has 0 aliphatic heterocycles. The van der Waals surface area contributed by atoms with Crippen LogP contribution >= 0.6 is 15.9 Å². The Bertz CT molecular complexity index is 468. The van der Waals surface area contributed by atoms with Gasteiger partial charge in [0.2, 0.25) is 5.88 Å². The quantitative estimate of drug-likeness (QED) is 0.843. The molecule has 1 unspecified atom stereocenters. The van der Waals surface area contributed by atoms with Gasteiger partial charge in [-0.1, -0.05) is 0 Å². The van der Waals surface area contributed by atoms with E-state index in [1.54, 1.807) is 0 Å². The number of methoxy groups -OCH3 is 1. The van der Waals surface area contributed by atoms with Crippen LogP contribution in [0.25, 0.3) is 0 Å². The molecule has 0 bridgehead atoms. The van der Waals surface area contributed by atoms with Gasteiger partial charge in [0.05, 0.1) is 7.11 Å². The van der Waals surface area contributed by atoms with Gasteiger partial charge >= 0.3 is 12.1 Å². The van der Waals surface area contributed by atoms with E-state index in [0.717, 1.165) is 19.4 Å². The minimum absolute atomic E-state index is 0.157. The van der Waals surface area contributed by atoms with E-state index >= 15 is 0 Å². The molecule has 5 nitrogen and oxygen atoms in total. The Balaban J connectivity index is 2.87. The summed E-state index contributed by atoms with van der Waals surface area (Å²) in [6, 6.07) is -0.358. The topological polar surface area (TPSA) is 74.4 Å². The van der Waals surface area contributed by atoms with Crippen LogP contribution < -0.4 is 10.5 Å². The molecule has 106 valence electrons. The smallest absolute Gasteiger partial charge is 0.421 e. The van der Waals surface area contributed by atoms with Crippen LogP contribution in [0.4, 0.5) is 13.2 Å². The van der Waals surface area contributed by atoms with Crippen LogP contribution in [0.5, 0.6) is 5.88 Å². The molecule has 19 heavy (non-hydrogen) atoms. The lowest BCUT2D eigenvalue weighted by Crippen LogP contribution is -2.37. The number of nitrogens with two attached hydrogens (primary N) is 1. The van der Waals surface area contributed by atoms with Crippen molar-refractivity contribution in [3.8, 4) is 5.88 Å². The van der Waals surface area contributed by atoms with Crippen LogP contribution in [0.3, 0.4) is 0 Å². The molecule has 0 saturated carbocycles. The lowest BCUT2D eigenvalue weighted by molar-refractivity contribution is -0.143. The number of esters is 1. The third-order valence-electron chi connectivity index (χ3n) is 2.03. The Morgan fingerprint density at radius 3 is 2.74 bits per heavy atom. The fourth-order valence-corrected chi connectivity index (χ4v) is 1.46. The molecule has 0 saturated heterocycles. The van der Waals surface area contributed by atoms with Crippen molar-refractivity contribution in [1.82, 2.24) is 4.98 Å². The highest BCUT2D eigenvalue weighted by Crippen LogP contribution is 2.36. The van der Waals surface area contributed by atoms with Crippen LogP contribution in [0.1, 0.15) is 5.56 Å². The zero-order chi connectivity index (χ0) is 14.6. The summed E-state index contributed by atoms with van der Waals surface area (Å²) in [5, 5.41) is 0. The number of halogens is 4. The molecule has 1 aromatic rings. The highest BCUT2D eigenvalue weighted by molar-refractivity contribution is 9.10. The molecule has 0 aromatic carbocycles. The summed E-state index contributed by atoms with van der Waals surface area (Å²) < 4.78 is 47.4. The van der Waals surface area contributed by atoms with Crippen LogP contribution in [0.15, 0.2) is 16.7 Å². The largest absolute Gasteiger partial charge is 0.475 e. The minimum atomic E-state index is -4.62. The van der Waals surface area contributed by atoms with E-state index in [-0.39, 0.29) is 4.47 Å². The van der Waals surface area contributed by atoms with Crippen molar-refractivity contribution >= 4 is 21.9 Å². The minimum Gasteiger partial charge on any atom is -0.475 e. The summed E-state index contributed by atoms with van der Waals surface area (Å²) in [4.78, 5) is 14.5. The van der Waals surface area contributed by atoms with E-state index < -0.39 is 36.2 Å². The van der Waals surface area contributed by atoms with Crippen molar-refractivity contribution in [2.24, 2.45) is 5.73 Å². The highest BCUT2D eigenvalue weighted by Gasteiger charge is 2.36. The molecule has 0 aliphatic rings. The second-order valence-electron chi connectivity index (χ2n) is 3.44. The Morgan fingerprint density at radius 1 is 1.58 bits per heavy atom. The van der Waals surface area contributed by atoms with E-state index in [0.29, 0.717) is 0 Å². The molecule has 1 aromatic heterocycles. The van der Waals surface area contributed by atoms with Crippen molar-refractivity contribution in [2.45, 2.75) is 12.2 Å². The van der Waals surface area contributed by atoms with E-state index in [9.17, 15) is 18.0 Å². The number of rotatable bonds is 4. The average molecular weight is 343 g/mol. The molecule has 0 amide bonds. The third-order valence-corrected chi connectivity index (χ3v) is 2.46. The molecule has 1 atom stereocenters. The highest BCUT2D eigenvalue weighted by atomic mass is 79.9. The maximum Gasteiger partial charge on any atom is 0.421 e. The lowest BCUT2D eigenvalue weighted by atomic mass is 10.2. The van der Waals surface area contributed by atoms with Crippen LogP contribution in [0.2, 0.25) is 0 Å². The molecular formula is C10H10BrF3N2O3. The van der Waals surface area contributed by atoms with E-state index in [1.165, 1.54) is 0 Å². The van der Waals surface area contributed by atoms with Crippen molar-refractivity contribution in [2.75, 3.05) is 13.7 Å². The number of carbonyl (C=O) groups excluding carboxylic acids is 1. The van der Waals surface area contributed by atoms with Gasteiger partial charge in [0.15, 0.2) is 0 Å². The average Bonchev–Trinajstić information content (AvgIpc) is 2.34. The first-order valence-electron chi connectivity index (χ1n) is 4.94. The normalized spacial score (nSPS) is 12.9. The molecule has 0 fully saturated rings. The molecular weight excluding hydrogens is 333 g/mol. The molecule has 1 rings (SSSR count). The second-order valence-corrected chi connectivity index (χ2v) is 4.36. The van der Waals surface area contributed by atoms with Gasteiger partial charge in [-0.15, -0.1) is 0 Å². The zero-order valence-corrected chi connectivity index (χ0v) is 11.3. The second kappa shape index (κ2) is 6.20. The number of hydrogen-bond donors (Lipinski definition) is 1. The summed E-state index contributed by atoms with van der Waals surface area (Å²) in [7, 11) is 1.11. The summed E-state index contributed by atoms with van der Waals surface area (Å²) in [6.07, 6.45) is -3.48. The standard InChI is InChI=1S/C10H10BrF3N2O3/c1-18-9(17)7(15)4-19-8-6(10(12,13)14)2-5(11)3-16-8/h2-3,7H,4,15H2,1H3. The SMILES string of the molecule is COC(=O)C(N)COc1ncc(Br)cc1C(F)(F)F. The predicted octanol–water partition coefficient (Wildman–Crippen LogP) is 1.74. The van der Waals surface area contributed by atoms with Gasteiger partial charge in [-0.3, -0.25) is 4.79 Å². The Hall–Kier alpha value is -1.35. The number of carbonyl (C=O) groups is 1. The fourth-order valence-electron chi connectivity index (χ4n) is 1.13. The molecule has 9 heteroatoms. The third kappa shape index (κ3) is 4.35. The lowest BCUT2D eigenvalue weighted by Gasteiger charge is -2.15. The van der Waals surface area contributed by atoms with Crippen LogP contribution in [-0.4, -0.2) is 30.7 Å². The molecule has 0 radical (unpaired) electrons. The molecule has 0 aliphatic carbocycles. The number of ether oxygens (including phenoxy) is 2. The molecule has 0 spiro atoms. The Labute approximate surface area is 115 Å². The first-order chi connectivity index (χ1) is 8.75. The van der Waals surface area contributed by atoms with Crippen molar-refractivity contribution in [1.29, 1.82) is 0 Å². The van der Waals surface area contributed by atoms with Gasteiger partial charge in [-0.2, -0.15) is 13.2 Å². The summed E-state index contributed by atoms with van der Waals surface area (Å²) in [5.74, 6) is -1.43. The number of aromatic nitrogens is 1. The first kappa shape index (κ1) is 15.7. The monoisotopic (exact) mass is 342 g/mol. The number of hydrogen-bond acceptors (Lipinski definition) is 5. The van der Waals surface area contributed by atoms with Crippen molar-refractivity contribution < 1.29 is 27.4 Å². The van der Waals surface area contributed by atoms with Gasteiger partial charge in [-0.05, 0) is 22.0 Å². The summed E-state index contributed by atoms with van der Waals surface area (Å²) in [5.41, 5.74) is 4.29. The van der Waals surface area contributed by atoms with Gasteiger partial charge in [0.1, 0.15) is 18.2 Å². The predicted molar refractivity (Wildman–Crippen MR) is 62.4 cm³/mol. The van der Waals surface area contributed by atoms with Gasteiger partial charge in [0, 0.05) is 10.7 Å². The number of alkyl halides is 3. The van der Waals surface area contributed by atoms with Crippen molar-refractivity contribution in [3.63, 3.8) is 0 Å². The summed E-state index contributed by atoms with van der Waals surface area (Å²) in [6.45, 7) is -0.468. The van der Waals surface area contributed by atoms with Gasteiger partial charge < -0.3 is 15.2 Å². The Kier molecular flexibility index (Phi) is 5.12. The van der Waals surface area contributed by atoms with E-state index in [4.69, 9.17) is 10.5 Å².